The molecule has 1 aliphatic rings. The van der Waals surface area contributed by atoms with Gasteiger partial charge in [0.1, 0.15) is 0 Å². The number of rotatable bonds is 5. The number of hydrogen-bond donors (Lipinski definition) is 1. The van der Waals surface area contributed by atoms with Gasteiger partial charge in [-0.15, -0.1) is 0 Å². The highest BCUT2D eigenvalue weighted by Gasteiger charge is 2.16. The van der Waals surface area contributed by atoms with Gasteiger partial charge in [-0.05, 0) is 52.4 Å². The predicted octanol–water partition coefficient (Wildman–Crippen LogP) is 2.04. The van der Waals surface area contributed by atoms with Crippen molar-refractivity contribution in [2.45, 2.75) is 51.7 Å². The molecule has 0 radical (unpaired) electrons. The molecule has 0 aliphatic carbocycles. The summed E-state index contributed by atoms with van der Waals surface area (Å²) in [5.41, 5.74) is 1.16. The Labute approximate surface area is 110 Å². The molecule has 1 aromatic rings. The van der Waals surface area contributed by atoms with E-state index >= 15 is 0 Å². The molecule has 102 valence electrons. The summed E-state index contributed by atoms with van der Waals surface area (Å²) in [6.45, 7) is 7.72. The Kier molecular flexibility index (Phi) is 4.78. The van der Waals surface area contributed by atoms with Gasteiger partial charge in [0.25, 0.3) is 0 Å². The number of nitrogens with one attached hydrogen (secondary N) is 1. The van der Waals surface area contributed by atoms with Crippen LogP contribution in [0.4, 0.5) is 0 Å². The summed E-state index contributed by atoms with van der Waals surface area (Å²) in [6, 6.07) is 3.30. The maximum Gasteiger partial charge on any atom is 0.0762 e. The number of nitrogens with zero attached hydrogens (tertiary/aromatic N) is 3. The van der Waals surface area contributed by atoms with E-state index in [4.69, 9.17) is 0 Å². The number of piperidine rings is 1. The van der Waals surface area contributed by atoms with Gasteiger partial charge in [0.15, 0.2) is 0 Å². The van der Waals surface area contributed by atoms with E-state index in [0.717, 1.165) is 18.7 Å². The normalized spacial score (nSPS) is 20.2. The molecule has 4 heteroatoms. The van der Waals surface area contributed by atoms with Crippen molar-refractivity contribution in [1.29, 1.82) is 0 Å². The van der Waals surface area contributed by atoms with E-state index < -0.39 is 0 Å². The summed E-state index contributed by atoms with van der Waals surface area (Å²) < 4.78 is 2.08. The number of likely N-dealkylation sites (tertiary alicyclic amines) is 1. The van der Waals surface area contributed by atoms with Crippen molar-refractivity contribution >= 4 is 0 Å². The Morgan fingerprint density at radius 3 is 2.83 bits per heavy atom. The monoisotopic (exact) mass is 250 g/mol. The summed E-state index contributed by atoms with van der Waals surface area (Å²) in [5.74, 6) is 0. The summed E-state index contributed by atoms with van der Waals surface area (Å²) in [4.78, 5) is 2.40. The zero-order valence-electron chi connectivity index (χ0n) is 11.9. The molecule has 18 heavy (non-hydrogen) atoms. The van der Waals surface area contributed by atoms with E-state index in [1.807, 2.05) is 0 Å². The Balaban J connectivity index is 1.78. The lowest BCUT2D eigenvalue weighted by Crippen LogP contribution is -2.40. The van der Waals surface area contributed by atoms with Crippen LogP contribution in [0.3, 0.4) is 0 Å². The second kappa shape index (κ2) is 6.34. The van der Waals surface area contributed by atoms with Crippen molar-refractivity contribution in [3.63, 3.8) is 0 Å². The van der Waals surface area contributed by atoms with E-state index in [0.29, 0.717) is 12.1 Å². The molecule has 1 fully saturated rings. The number of aromatic nitrogens is 2. The van der Waals surface area contributed by atoms with Crippen LogP contribution in [-0.4, -0.2) is 40.9 Å². The average molecular weight is 250 g/mol. The fraction of sp³-hybridized carbons (Fsp3) is 0.786. The molecule has 0 spiro atoms. The van der Waals surface area contributed by atoms with Crippen LogP contribution in [-0.2, 0) is 6.54 Å². The van der Waals surface area contributed by atoms with E-state index in [1.54, 1.807) is 0 Å². The predicted molar refractivity (Wildman–Crippen MR) is 74.6 cm³/mol. The highest BCUT2D eigenvalue weighted by Crippen LogP contribution is 2.11. The van der Waals surface area contributed by atoms with Gasteiger partial charge in [-0.2, -0.15) is 5.10 Å². The Hall–Kier alpha value is -0.870. The Morgan fingerprint density at radius 2 is 2.17 bits per heavy atom. The first-order valence-electron chi connectivity index (χ1n) is 7.15. The smallest absolute Gasteiger partial charge is 0.0762 e. The van der Waals surface area contributed by atoms with Crippen LogP contribution in [0.15, 0.2) is 12.3 Å². The minimum Gasteiger partial charge on any atom is -0.308 e. The first kappa shape index (κ1) is 13.6. The van der Waals surface area contributed by atoms with Crippen LogP contribution in [0.1, 0.15) is 44.8 Å². The molecule has 0 bridgehead atoms. The van der Waals surface area contributed by atoms with Crippen molar-refractivity contribution in [2.75, 3.05) is 20.1 Å². The molecule has 2 heterocycles. The zero-order valence-corrected chi connectivity index (χ0v) is 11.9. The van der Waals surface area contributed by atoms with Crippen molar-refractivity contribution in [3.8, 4) is 0 Å². The standard InChI is InChI=1S/C14H26N4/c1-4-12(2)18-10-7-14(16-18)11-15-13-5-8-17(3)9-6-13/h7,10,12-13,15H,4-6,8-9,11H2,1-3H3. The minimum atomic E-state index is 0.502. The van der Waals surface area contributed by atoms with Crippen LogP contribution in [0.2, 0.25) is 0 Å². The fourth-order valence-electron chi connectivity index (χ4n) is 2.37. The van der Waals surface area contributed by atoms with Crippen molar-refractivity contribution < 1.29 is 0 Å². The Bertz CT molecular complexity index is 352. The van der Waals surface area contributed by atoms with Crippen LogP contribution in [0.5, 0.6) is 0 Å². The SMILES string of the molecule is CCC(C)n1ccc(CNC2CCN(C)CC2)n1. The molecule has 0 saturated carbocycles. The highest BCUT2D eigenvalue weighted by atomic mass is 15.3. The van der Waals surface area contributed by atoms with Gasteiger partial charge in [0, 0.05) is 24.8 Å². The van der Waals surface area contributed by atoms with Gasteiger partial charge in [0.05, 0.1) is 5.69 Å². The highest BCUT2D eigenvalue weighted by molar-refractivity contribution is 4.99. The molecule has 0 amide bonds. The summed E-state index contributed by atoms with van der Waals surface area (Å²) in [5, 5.41) is 8.25. The maximum atomic E-state index is 4.62. The van der Waals surface area contributed by atoms with Crippen LogP contribution >= 0.6 is 0 Å². The topological polar surface area (TPSA) is 33.1 Å². The van der Waals surface area contributed by atoms with Crippen LogP contribution in [0, 0.1) is 0 Å². The lowest BCUT2D eigenvalue weighted by atomic mass is 10.1. The van der Waals surface area contributed by atoms with Gasteiger partial charge < -0.3 is 10.2 Å². The third-order valence-electron chi connectivity index (χ3n) is 4.00. The van der Waals surface area contributed by atoms with Gasteiger partial charge in [-0.3, -0.25) is 4.68 Å². The Morgan fingerprint density at radius 1 is 1.44 bits per heavy atom. The molecule has 1 saturated heterocycles. The summed E-state index contributed by atoms with van der Waals surface area (Å²) >= 11 is 0. The maximum absolute atomic E-state index is 4.62. The summed E-state index contributed by atoms with van der Waals surface area (Å²) in [7, 11) is 2.20. The molecule has 4 nitrogen and oxygen atoms in total. The molecule has 0 aromatic carbocycles. The second-order valence-corrected chi connectivity index (χ2v) is 5.50. The van der Waals surface area contributed by atoms with Gasteiger partial charge >= 0.3 is 0 Å². The lowest BCUT2D eigenvalue weighted by molar-refractivity contribution is 0.233. The first-order chi connectivity index (χ1) is 8.69. The van der Waals surface area contributed by atoms with E-state index in [2.05, 4.69) is 53.2 Å². The van der Waals surface area contributed by atoms with Gasteiger partial charge in [-0.1, -0.05) is 6.92 Å². The van der Waals surface area contributed by atoms with Gasteiger partial charge in [-0.25, -0.2) is 0 Å². The average Bonchev–Trinajstić information content (AvgIpc) is 2.86. The third-order valence-corrected chi connectivity index (χ3v) is 4.00. The molecular weight excluding hydrogens is 224 g/mol. The molecule has 1 aliphatic heterocycles. The first-order valence-corrected chi connectivity index (χ1v) is 7.15. The largest absolute Gasteiger partial charge is 0.308 e. The van der Waals surface area contributed by atoms with Crippen LogP contribution in [0.25, 0.3) is 0 Å². The summed E-state index contributed by atoms with van der Waals surface area (Å²) in [6.07, 6.45) is 5.73. The zero-order chi connectivity index (χ0) is 13.0. The second-order valence-electron chi connectivity index (χ2n) is 5.50. The number of hydrogen-bond acceptors (Lipinski definition) is 3. The molecule has 1 N–H and O–H groups in total. The van der Waals surface area contributed by atoms with E-state index in [-0.39, 0.29) is 0 Å². The molecule has 1 unspecified atom stereocenters. The van der Waals surface area contributed by atoms with E-state index in [1.165, 1.54) is 25.9 Å². The van der Waals surface area contributed by atoms with Crippen molar-refractivity contribution in [2.24, 2.45) is 0 Å². The third kappa shape index (κ3) is 3.56. The minimum absolute atomic E-state index is 0.502. The quantitative estimate of drug-likeness (QED) is 0.868. The van der Waals surface area contributed by atoms with Crippen molar-refractivity contribution in [1.82, 2.24) is 20.0 Å². The van der Waals surface area contributed by atoms with E-state index in [9.17, 15) is 0 Å². The molecule has 2 rings (SSSR count). The molecule has 1 aromatic heterocycles. The lowest BCUT2D eigenvalue weighted by Gasteiger charge is -2.29. The molecule has 1 atom stereocenters. The molecular formula is C14H26N4. The van der Waals surface area contributed by atoms with Crippen LogP contribution < -0.4 is 5.32 Å². The fourth-order valence-corrected chi connectivity index (χ4v) is 2.37. The van der Waals surface area contributed by atoms with Crippen molar-refractivity contribution in [3.05, 3.63) is 18.0 Å². The van der Waals surface area contributed by atoms with Gasteiger partial charge in [0.2, 0.25) is 0 Å².